The van der Waals surface area contributed by atoms with Crippen LogP contribution in [0.5, 0.6) is 0 Å². The standard InChI is InChI=1S/C12H12BrN3O/c1-14-12-9(3-2-6-15-12)7-16-8-10(13)4-5-11(16)17/h2-6,8H,7H2,1H3,(H,14,15). The van der Waals surface area contributed by atoms with Crippen LogP contribution in [0.2, 0.25) is 0 Å². The van der Waals surface area contributed by atoms with Gasteiger partial charge in [0.15, 0.2) is 0 Å². The van der Waals surface area contributed by atoms with Crippen molar-refractivity contribution in [1.82, 2.24) is 9.55 Å². The van der Waals surface area contributed by atoms with E-state index in [1.54, 1.807) is 29.1 Å². The Morgan fingerprint density at radius 2 is 2.24 bits per heavy atom. The number of nitrogens with zero attached hydrogens (tertiary/aromatic N) is 2. The van der Waals surface area contributed by atoms with Gasteiger partial charge in [-0.3, -0.25) is 4.79 Å². The molecule has 2 aromatic heterocycles. The van der Waals surface area contributed by atoms with Crippen LogP contribution in [-0.4, -0.2) is 16.6 Å². The number of halogens is 1. The van der Waals surface area contributed by atoms with Gasteiger partial charge in [0.1, 0.15) is 5.82 Å². The first kappa shape index (κ1) is 11.9. The van der Waals surface area contributed by atoms with E-state index in [1.165, 1.54) is 0 Å². The van der Waals surface area contributed by atoms with Gasteiger partial charge < -0.3 is 9.88 Å². The van der Waals surface area contributed by atoms with Gasteiger partial charge in [-0.05, 0) is 28.1 Å². The second kappa shape index (κ2) is 5.14. The van der Waals surface area contributed by atoms with Crippen molar-refractivity contribution in [2.75, 3.05) is 12.4 Å². The van der Waals surface area contributed by atoms with Gasteiger partial charge in [-0.25, -0.2) is 4.98 Å². The molecule has 5 heteroatoms. The lowest BCUT2D eigenvalue weighted by atomic mass is 10.2. The maximum absolute atomic E-state index is 11.7. The number of nitrogens with one attached hydrogen (secondary N) is 1. The summed E-state index contributed by atoms with van der Waals surface area (Å²) in [6, 6.07) is 7.09. The van der Waals surface area contributed by atoms with Crippen molar-refractivity contribution >= 4 is 21.7 Å². The summed E-state index contributed by atoms with van der Waals surface area (Å²) in [4.78, 5) is 15.9. The summed E-state index contributed by atoms with van der Waals surface area (Å²) < 4.78 is 2.52. The minimum atomic E-state index is -0.0286. The Bertz CT molecular complexity index is 580. The average Bonchev–Trinajstić information content (AvgIpc) is 2.34. The SMILES string of the molecule is CNc1ncccc1Cn1cc(Br)ccc1=O. The number of hydrogen-bond donors (Lipinski definition) is 1. The third-order valence-electron chi connectivity index (χ3n) is 2.42. The molecule has 88 valence electrons. The number of pyridine rings is 2. The van der Waals surface area contributed by atoms with Crippen LogP contribution in [0.1, 0.15) is 5.56 Å². The zero-order valence-corrected chi connectivity index (χ0v) is 10.9. The lowest BCUT2D eigenvalue weighted by molar-refractivity contribution is 0.754. The summed E-state index contributed by atoms with van der Waals surface area (Å²) in [7, 11) is 1.81. The fraction of sp³-hybridized carbons (Fsp3) is 0.167. The van der Waals surface area contributed by atoms with E-state index in [2.05, 4.69) is 26.2 Å². The van der Waals surface area contributed by atoms with Crippen LogP contribution in [0.25, 0.3) is 0 Å². The monoisotopic (exact) mass is 293 g/mol. The molecule has 0 aliphatic heterocycles. The van der Waals surface area contributed by atoms with Crippen molar-refractivity contribution in [3.05, 3.63) is 57.0 Å². The second-order valence-corrected chi connectivity index (χ2v) is 4.49. The zero-order valence-electron chi connectivity index (χ0n) is 9.35. The fourth-order valence-electron chi connectivity index (χ4n) is 1.60. The van der Waals surface area contributed by atoms with Crippen molar-refractivity contribution in [3.8, 4) is 0 Å². The highest BCUT2D eigenvalue weighted by molar-refractivity contribution is 9.10. The molecule has 0 aromatic carbocycles. The molecule has 4 nitrogen and oxygen atoms in total. The number of aromatic nitrogens is 2. The van der Waals surface area contributed by atoms with E-state index in [0.717, 1.165) is 15.9 Å². The van der Waals surface area contributed by atoms with Crippen LogP contribution in [-0.2, 0) is 6.54 Å². The molecule has 0 fully saturated rings. The van der Waals surface area contributed by atoms with E-state index in [-0.39, 0.29) is 5.56 Å². The van der Waals surface area contributed by atoms with Crippen LogP contribution in [0.15, 0.2) is 45.9 Å². The van der Waals surface area contributed by atoms with Crippen molar-refractivity contribution < 1.29 is 0 Å². The summed E-state index contributed by atoms with van der Waals surface area (Å²) in [6.07, 6.45) is 3.49. The van der Waals surface area contributed by atoms with Gasteiger partial charge in [-0.2, -0.15) is 0 Å². The molecule has 17 heavy (non-hydrogen) atoms. The zero-order chi connectivity index (χ0) is 12.3. The first-order valence-corrected chi connectivity index (χ1v) is 5.97. The summed E-state index contributed by atoms with van der Waals surface area (Å²) in [6.45, 7) is 0.502. The van der Waals surface area contributed by atoms with Crippen LogP contribution in [0, 0.1) is 0 Å². The van der Waals surface area contributed by atoms with Crippen LogP contribution in [0.4, 0.5) is 5.82 Å². The van der Waals surface area contributed by atoms with Gasteiger partial charge >= 0.3 is 0 Å². The molecule has 0 amide bonds. The molecule has 0 saturated carbocycles. The predicted octanol–water partition coefficient (Wildman–Crippen LogP) is 2.10. The van der Waals surface area contributed by atoms with E-state index in [0.29, 0.717) is 6.54 Å². The molecule has 0 saturated heterocycles. The minimum absolute atomic E-state index is 0.0286. The Morgan fingerprint density at radius 1 is 1.41 bits per heavy atom. The first-order chi connectivity index (χ1) is 8.20. The molecule has 0 atom stereocenters. The predicted molar refractivity (Wildman–Crippen MR) is 71.3 cm³/mol. The Morgan fingerprint density at radius 3 is 3.00 bits per heavy atom. The van der Waals surface area contributed by atoms with Crippen LogP contribution in [0.3, 0.4) is 0 Å². The number of anilines is 1. The smallest absolute Gasteiger partial charge is 0.250 e. The lowest BCUT2D eigenvalue weighted by Crippen LogP contribution is -2.19. The van der Waals surface area contributed by atoms with Gasteiger partial charge in [0.2, 0.25) is 0 Å². The average molecular weight is 294 g/mol. The van der Waals surface area contributed by atoms with E-state index < -0.39 is 0 Å². The largest absolute Gasteiger partial charge is 0.373 e. The molecule has 0 unspecified atom stereocenters. The topological polar surface area (TPSA) is 46.9 Å². The van der Waals surface area contributed by atoms with E-state index in [1.807, 2.05) is 19.2 Å². The molecule has 0 bridgehead atoms. The molecule has 2 rings (SSSR count). The molecule has 0 spiro atoms. The molecule has 2 aromatic rings. The summed E-state index contributed by atoms with van der Waals surface area (Å²) >= 11 is 3.35. The van der Waals surface area contributed by atoms with Gasteiger partial charge in [-0.1, -0.05) is 6.07 Å². The highest BCUT2D eigenvalue weighted by atomic mass is 79.9. The Hall–Kier alpha value is -1.62. The molecular weight excluding hydrogens is 282 g/mol. The summed E-state index contributed by atoms with van der Waals surface area (Å²) in [5.74, 6) is 0.791. The van der Waals surface area contributed by atoms with Crippen molar-refractivity contribution in [3.63, 3.8) is 0 Å². The van der Waals surface area contributed by atoms with E-state index in [4.69, 9.17) is 0 Å². The summed E-state index contributed by atoms with van der Waals surface area (Å²) in [5, 5.41) is 3.01. The quantitative estimate of drug-likeness (QED) is 0.943. The molecule has 2 heterocycles. The highest BCUT2D eigenvalue weighted by Gasteiger charge is 2.03. The molecule has 0 radical (unpaired) electrons. The van der Waals surface area contributed by atoms with Gasteiger partial charge in [0.25, 0.3) is 5.56 Å². The maximum atomic E-state index is 11.7. The van der Waals surface area contributed by atoms with Gasteiger partial charge in [-0.15, -0.1) is 0 Å². The molecule has 1 N–H and O–H groups in total. The third kappa shape index (κ3) is 2.74. The number of rotatable bonds is 3. The lowest BCUT2D eigenvalue weighted by Gasteiger charge is -2.09. The molecular formula is C12H12BrN3O. The normalized spacial score (nSPS) is 10.2. The molecule has 0 aliphatic carbocycles. The van der Waals surface area contributed by atoms with Crippen LogP contribution >= 0.6 is 15.9 Å². The van der Waals surface area contributed by atoms with Crippen LogP contribution < -0.4 is 10.9 Å². The van der Waals surface area contributed by atoms with E-state index >= 15 is 0 Å². The van der Waals surface area contributed by atoms with Crippen molar-refractivity contribution in [2.45, 2.75) is 6.54 Å². The Balaban J connectivity index is 2.37. The van der Waals surface area contributed by atoms with Gasteiger partial charge in [0.05, 0.1) is 6.54 Å². The third-order valence-corrected chi connectivity index (χ3v) is 2.89. The second-order valence-electron chi connectivity index (χ2n) is 3.57. The number of hydrogen-bond acceptors (Lipinski definition) is 3. The van der Waals surface area contributed by atoms with Gasteiger partial charge in [0, 0.05) is 35.5 Å². The molecule has 0 aliphatic rings. The summed E-state index contributed by atoms with van der Waals surface area (Å²) in [5.41, 5.74) is 0.953. The first-order valence-electron chi connectivity index (χ1n) is 5.18. The Kier molecular flexibility index (Phi) is 3.58. The highest BCUT2D eigenvalue weighted by Crippen LogP contribution is 2.12. The van der Waals surface area contributed by atoms with E-state index in [9.17, 15) is 4.79 Å². The van der Waals surface area contributed by atoms with Crippen molar-refractivity contribution in [1.29, 1.82) is 0 Å². The maximum Gasteiger partial charge on any atom is 0.250 e. The minimum Gasteiger partial charge on any atom is -0.373 e. The fourth-order valence-corrected chi connectivity index (χ4v) is 1.98. The Labute approximate surface area is 107 Å². The van der Waals surface area contributed by atoms with Crippen molar-refractivity contribution in [2.24, 2.45) is 0 Å².